The molecule has 3 aromatic carbocycles. The van der Waals surface area contributed by atoms with Gasteiger partial charge in [-0.2, -0.15) is 4.31 Å². The van der Waals surface area contributed by atoms with Crippen molar-refractivity contribution in [3.63, 3.8) is 0 Å². The summed E-state index contributed by atoms with van der Waals surface area (Å²) < 4.78 is 55.4. The Balaban J connectivity index is 1.22. The van der Waals surface area contributed by atoms with Crippen molar-refractivity contribution in [2.75, 3.05) is 31.5 Å². The maximum Gasteiger partial charge on any atom is 0.319 e. The number of hydrogen-bond acceptors (Lipinski definition) is 5. The molecule has 8 nitrogen and oxygen atoms in total. The second-order valence-electron chi connectivity index (χ2n) is 9.64. The van der Waals surface area contributed by atoms with Crippen LogP contribution in [0.2, 0.25) is 0 Å². The molecular formula is C30H29F2N5O3S. The minimum atomic E-state index is -3.77. The fourth-order valence-corrected chi connectivity index (χ4v) is 6.25. The van der Waals surface area contributed by atoms with Gasteiger partial charge in [0.15, 0.2) is 0 Å². The molecule has 1 aliphatic heterocycles. The van der Waals surface area contributed by atoms with E-state index in [0.29, 0.717) is 25.3 Å². The summed E-state index contributed by atoms with van der Waals surface area (Å²) in [5.74, 6) is -0.705. The molecule has 0 atom stereocenters. The molecule has 1 saturated heterocycles. The van der Waals surface area contributed by atoms with E-state index in [9.17, 15) is 22.0 Å². The van der Waals surface area contributed by atoms with E-state index < -0.39 is 16.1 Å². The molecule has 0 saturated carbocycles. The number of halogens is 2. The minimum absolute atomic E-state index is 0.126. The first kappa shape index (κ1) is 28.3. The maximum atomic E-state index is 13.6. The summed E-state index contributed by atoms with van der Waals surface area (Å²) in [6, 6.07) is 21.3. The van der Waals surface area contributed by atoms with Crippen LogP contribution in [0, 0.1) is 11.6 Å². The normalized spacial score (nSPS) is 14.6. The van der Waals surface area contributed by atoms with Gasteiger partial charge in [0.1, 0.15) is 11.6 Å². The number of aromatic nitrogens is 1. The van der Waals surface area contributed by atoms with Crippen molar-refractivity contribution in [1.82, 2.24) is 19.5 Å². The SMILES string of the molecule is O=C(NCc1cccnc1)Nc1ccc(S(=O)(=O)N2CCN(C(c3ccc(F)cc3)c3ccc(F)cc3)CC2)cc1. The first-order valence-corrected chi connectivity index (χ1v) is 14.5. The molecule has 2 amide bonds. The maximum absolute atomic E-state index is 13.6. The fraction of sp³-hybridized carbons (Fsp3) is 0.200. The molecule has 11 heteroatoms. The van der Waals surface area contributed by atoms with Crippen LogP contribution in [0.5, 0.6) is 0 Å². The first-order chi connectivity index (χ1) is 19.8. The smallest absolute Gasteiger partial charge is 0.319 e. The lowest BCUT2D eigenvalue weighted by atomic mass is 9.96. The highest BCUT2D eigenvalue weighted by Crippen LogP contribution is 2.31. The number of nitrogens with zero attached hydrogens (tertiary/aromatic N) is 3. The third-order valence-electron chi connectivity index (χ3n) is 6.94. The van der Waals surface area contributed by atoms with Crippen LogP contribution in [0.3, 0.4) is 0 Å². The number of carbonyl (C=O) groups is 1. The zero-order valence-corrected chi connectivity index (χ0v) is 22.9. The van der Waals surface area contributed by atoms with Gasteiger partial charge < -0.3 is 10.6 Å². The Hall–Kier alpha value is -4.19. The predicted octanol–water partition coefficient (Wildman–Crippen LogP) is 4.78. The Morgan fingerprint density at radius 2 is 1.41 bits per heavy atom. The standard InChI is InChI=1S/C30H29F2N5O3S/c31-25-7-3-23(4-8-25)29(24-5-9-26(32)10-6-24)36-16-18-37(19-17-36)41(39,40)28-13-11-27(12-14-28)35-30(38)34-21-22-2-1-15-33-20-22/h1-15,20,29H,16-19,21H2,(H2,34,35,38). The van der Waals surface area contributed by atoms with Crippen LogP contribution in [-0.2, 0) is 16.6 Å². The summed E-state index contributed by atoms with van der Waals surface area (Å²) in [4.78, 5) is 18.5. The van der Waals surface area contributed by atoms with Crippen LogP contribution < -0.4 is 10.6 Å². The van der Waals surface area contributed by atoms with Crippen LogP contribution in [0.25, 0.3) is 0 Å². The van der Waals surface area contributed by atoms with E-state index in [1.807, 2.05) is 6.07 Å². The number of hydrogen-bond donors (Lipinski definition) is 2. The van der Waals surface area contributed by atoms with E-state index in [-0.39, 0.29) is 35.7 Å². The lowest BCUT2D eigenvalue weighted by molar-refractivity contribution is 0.155. The van der Waals surface area contributed by atoms with Gasteiger partial charge in [0.2, 0.25) is 10.0 Å². The van der Waals surface area contributed by atoms with E-state index in [1.165, 1.54) is 40.7 Å². The number of rotatable bonds is 8. The molecule has 2 N–H and O–H groups in total. The molecule has 1 aliphatic rings. The van der Waals surface area contributed by atoms with Crippen molar-refractivity contribution in [1.29, 1.82) is 0 Å². The van der Waals surface area contributed by atoms with Crippen molar-refractivity contribution in [3.8, 4) is 0 Å². The quantitative estimate of drug-likeness (QED) is 0.315. The van der Waals surface area contributed by atoms with Crippen LogP contribution in [-0.4, -0.2) is 54.8 Å². The van der Waals surface area contributed by atoms with Crippen LogP contribution >= 0.6 is 0 Å². The molecule has 41 heavy (non-hydrogen) atoms. The summed E-state index contributed by atoms with van der Waals surface area (Å²) >= 11 is 0. The fourth-order valence-electron chi connectivity index (χ4n) is 4.83. The summed E-state index contributed by atoms with van der Waals surface area (Å²) in [6.45, 7) is 1.65. The molecule has 0 spiro atoms. The Kier molecular flexibility index (Phi) is 8.67. The molecule has 212 valence electrons. The van der Waals surface area contributed by atoms with Gasteiger partial charge in [-0.15, -0.1) is 0 Å². The second kappa shape index (κ2) is 12.5. The number of pyridine rings is 1. The Bertz CT molecular complexity index is 1520. The number of amides is 2. The highest BCUT2D eigenvalue weighted by Gasteiger charge is 2.32. The van der Waals surface area contributed by atoms with E-state index in [0.717, 1.165) is 16.7 Å². The van der Waals surface area contributed by atoms with Crippen molar-refractivity contribution < 1.29 is 22.0 Å². The molecule has 4 aromatic rings. The monoisotopic (exact) mass is 577 g/mol. The predicted molar refractivity (Wildman–Crippen MR) is 152 cm³/mol. The van der Waals surface area contributed by atoms with Gasteiger partial charge in [-0.1, -0.05) is 30.3 Å². The second-order valence-corrected chi connectivity index (χ2v) is 11.6. The average molecular weight is 578 g/mol. The molecule has 0 radical (unpaired) electrons. The third-order valence-corrected chi connectivity index (χ3v) is 8.85. The van der Waals surface area contributed by atoms with E-state index >= 15 is 0 Å². The zero-order chi connectivity index (χ0) is 28.8. The third kappa shape index (κ3) is 6.94. The van der Waals surface area contributed by atoms with Gasteiger partial charge in [-0.05, 0) is 71.3 Å². The highest BCUT2D eigenvalue weighted by atomic mass is 32.2. The number of benzene rings is 3. The molecule has 0 aliphatic carbocycles. The number of carbonyl (C=O) groups excluding carboxylic acids is 1. The summed E-state index contributed by atoms with van der Waals surface area (Å²) in [6.07, 6.45) is 3.31. The molecule has 1 aromatic heterocycles. The Labute approximate surface area is 237 Å². The number of anilines is 1. The summed E-state index contributed by atoms with van der Waals surface area (Å²) in [5.41, 5.74) is 2.98. The lowest BCUT2D eigenvalue weighted by Gasteiger charge is -2.39. The van der Waals surface area contributed by atoms with Crippen LogP contribution in [0.4, 0.5) is 19.3 Å². The Morgan fingerprint density at radius 1 is 0.829 bits per heavy atom. The van der Waals surface area contributed by atoms with E-state index in [2.05, 4.69) is 20.5 Å². The average Bonchev–Trinajstić information content (AvgIpc) is 2.99. The van der Waals surface area contributed by atoms with Gasteiger partial charge in [0, 0.05) is 50.8 Å². The van der Waals surface area contributed by atoms with Gasteiger partial charge in [-0.3, -0.25) is 9.88 Å². The largest absolute Gasteiger partial charge is 0.334 e. The summed E-state index contributed by atoms with van der Waals surface area (Å²) in [7, 11) is -3.77. The van der Waals surface area contributed by atoms with E-state index in [4.69, 9.17) is 0 Å². The zero-order valence-electron chi connectivity index (χ0n) is 22.1. The topological polar surface area (TPSA) is 94.6 Å². The highest BCUT2D eigenvalue weighted by molar-refractivity contribution is 7.89. The number of piperazine rings is 1. The van der Waals surface area contributed by atoms with E-state index in [1.54, 1.807) is 54.9 Å². The van der Waals surface area contributed by atoms with Crippen LogP contribution in [0.15, 0.2) is 102 Å². The molecule has 5 rings (SSSR count). The van der Waals surface area contributed by atoms with Crippen LogP contribution in [0.1, 0.15) is 22.7 Å². The van der Waals surface area contributed by atoms with Crippen molar-refractivity contribution in [2.24, 2.45) is 0 Å². The van der Waals surface area contributed by atoms with Gasteiger partial charge >= 0.3 is 6.03 Å². The van der Waals surface area contributed by atoms with Gasteiger partial charge in [-0.25, -0.2) is 22.0 Å². The molecule has 2 heterocycles. The first-order valence-electron chi connectivity index (χ1n) is 13.1. The molecule has 0 bridgehead atoms. The Morgan fingerprint density at radius 3 is 1.95 bits per heavy atom. The number of urea groups is 1. The number of nitrogens with one attached hydrogen (secondary N) is 2. The molecule has 0 unspecified atom stereocenters. The minimum Gasteiger partial charge on any atom is -0.334 e. The van der Waals surface area contributed by atoms with Gasteiger partial charge in [0.05, 0.1) is 10.9 Å². The van der Waals surface area contributed by atoms with Gasteiger partial charge in [0.25, 0.3) is 0 Å². The van der Waals surface area contributed by atoms with Crippen molar-refractivity contribution in [3.05, 3.63) is 126 Å². The van der Waals surface area contributed by atoms with Crippen molar-refractivity contribution >= 4 is 21.7 Å². The van der Waals surface area contributed by atoms with Crippen molar-refractivity contribution in [2.45, 2.75) is 17.5 Å². The number of sulfonamides is 1. The molecular weight excluding hydrogens is 548 g/mol. The lowest BCUT2D eigenvalue weighted by Crippen LogP contribution is -2.49. The summed E-state index contributed by atoms with van der Waals surface area (Å²) in [5, 5.41) is 5.42. The molecule has 1 fully saturated rings.